The molecule has 0 radical (unpaired) electrons. The molecule has 3 aromatic heterocycles. The Balaban J connectivity index is 0.000000418. The molecule has 1 aliphatic heterocycles. The molecule has 0 atom stereocenters. The first-order chi connectivity index (χ1) is 14.6. The number of fused-ring (bicyclic) bond motifs is 2. The van der Waals surface area contributed by atoms with Gasteiger partial charge in [-0.2, -0.15) is 11.0 Å². The standard InChI is InChI=1S/C20H19N5O.C4H7.Na/c1-24-12-13-10-14(19(26)11-18(13)23-24)15-4-5-17-16(21-15)6-7-20(22-17)25-8-2-3-9-25;1-4-2-3-4;/h4-7,10-12,26H,2-3,8-9H2,1H3;4H,1-3H2;/q;-1;+1. The van der Waals surface area contributed by atoms with Gasteiger partial charge in [0.05, 0.1) is 22.2 Å². The van der Waals surface area contributed by atoms with Crippen LogP contribution in [-0.4, -0.2) is 37.9 Å². The van der Waals surface area contributed by atoms with Crippen LogP contribution in [0.5, 0.6) is 5.75 Å². The molecule has 154 valence electrons. The second kappa shape index (κ2) is 9.15. The van der Waals surface area contributed by atoms with E-state index in [0.717, 1.165) is 52.5 Å². The van der Waals surface area contributed by atoms with Gasteiger partial charge in [0.25, 0.3) is 0 Å². The third kappa shape index (κ3) is 4.86. The van der Waals surface area contributed by atoms with Gasteiger partial charge in [-0.3, -0.25) is 4.68 Å². The van der Waals surface area contributed by atoms with Gasteiger partial charge < -0.3 is 16.9 Å². The van der Waals surface area contributed by atoms with E-state index in [1.165, 1.54) is 25.7 Å². The summed E-state index contributed by atoms with van der Waals surface area (Å²) in [6.45, 7) is 5.89. The molecule has 1 saturated heterocycles. The number of nitrogens with zero attached hydrogens (tertiary/aromatic N) is 5. The van der Waals surface area contributed by atoms with Crippen molar-refractivity contribution in [1.29, 1.82) is 0 Å². The fourth-order valence-corrected chi connectivity index (χ4v) is 3.78. The van der Waals surface area contributed by atoms with E-state index < -0.39 is 0 Å². The maximum absolute atomic E-state index is 10.4. The summed E-state index contributed by atoms with van der Waals surface area (Å²) >= 11 is 0. The number of rotatable bonds is 2. The number of aromatic nitrogens is 4. The molecule has 0 amide bonds. The first-order valence-corrected chi connectivity index (χ1v) is 10.6. The molecule has 0 spiro atoms. The van der Waals surface area contributed by atoms with E-state index in [-0.39, 0.29) is 35.3 Å². The van der Waals surface area contributed by atoms with Crippen molar-refractivity contribution in [2.24, 2.45) is 13.0 Å². The summed E-state index contributed by atoms with van der Waals surface area (Å²) in [4.78, 5) is 11.8. The van der Waals surface area contributed by atoms with Crippen molar-refractivity contribution in [3.05, 3.63) is 49.5 Å². The van der Waals surface area contributed by atoms with E-state index >= 15 is 0 Å². The van der Waals surface area contributed by atoms with Crippen LogP contribution in [0.3, 0.4) is 0 Å². The molecule has 7 heteroatoms. The zero-order valence-electron chi connectivity index (χ0n) is 18.3. The van der Waals surface area contributed by atoms with E-state index in [4.69, 9.17) is 9.97 Å². The normalized spacial score (nSPS) is 15.6. The summed E-state index contributed by atoms with van der Waals surface area (Å²) in [5.41, 5.74) is 3.91. The molecule has 6 nitrogen and oxygen atoms in total. The van der Waals surface area contributed by atoms with Crippen LogP contribution < -0.4 is 34.5 Å². The Bertz CT molecular complexity index is 1210. The predicted molar refractivity (Wildman–Crippen MR) is 120 cm³/mol. The molecule has 1 N–H and O–H groups in total. The van der Waals surface area contributed by atoms with Gasteiger partial charge in [0, 0.05) is 43.4 Å². The summed E-state index contributed by atoms with van der Waals surface area (Å²) in [6, 6.07) is 11.6. The zero-order chi connectivity index (χ0) is 20.7. The molecule has 0 bridgehead atoms. The summed E-state index contributed by atoms with van der Waals surface area (Å²) in [5.74, 6) is 2.04. The molecule has 1 saturated carbocycles. The van der Waals surface area contributed by atoms with Crippen LogP contribution >= 0.6 is 0 Å². The number of aryl methyl sites for hydroxylation is 1. The first kappa shape index (κ1) is 22.1. The number of phenols is 1. The molecule has 0 unspecified atom stereocenters. The Kier molecular flexibility index (Phi) is 6.51. The average molecular weight is 423 g/mol. The van der Waals surface area contributed by atoms with Crippen LogP contribution in [-0.2, 0) is 7.05 Å². The van der Waals surface area contributed by atoms with Crippen molar-refractivity contribution in [2.45, 2.75) is 25.7 Å². The van der Waals surface area contributed by atoms with Gasteiger partial charge in [0.2, 0.25) is 0 Å². The summed E-state index contributed by atoms with van der Waals surface area (Å²) < 4.78 is 1.74. The van der Waals surface area contributed by atoms with Crippen molar-refractivity contribution >= 4 is 27.8 Å². The quantitative estimate of drug-likeness (QED) is 0.393. The first-order valence-electron chi connectivity index (χ1n) is 10.6. The number of phenolic OH excluding ortho intramolecular Hbond substituents is 1. The minimum Gasteiger partial charge on any atom is -0.507 e. The molecule has 2 aliphatic rings. The van der Waals surface area contributed by atoms with Gasteiger partial charge in [0.15, 0.2) is 0 Å². The smallest absolute Gasteiger partial charge is 0.507 e. The van der Waals surface area contributed by atoms with Crippen molar-refractivity contribution < 1.29 is 34.7 Å². The number of hydrogen-bond donors (Lipinski definition) is 1. The van der Waals surface area contributed by atoms with Gasteiger partial charge >= 0.3 is 29.6 Å². The van der Waals surface area contributed by atoms with Crippen molar-refractivity contribution in [2.75, 3.05) is 18.0 Å². The van der Waals surface area contributed by atoms with Gasteiger partial charge in [0.1, 0.15) is 11.6 Å². The fourth-order valence-electron chi connectivity index (χ4n) is 3.78. The number of pyridine rings is 2. The Morgan fingerprint density at radius 1 is 0.968 bits per heavy atom. The maximum Gasteiger partial charge on any atom is 1.00 e. The second-order valence-corrected chi connectivity index (χ2v) is 8.27. The van der Waals surface area contributed by atoms with Crippen molar-refractivity contribution in [1.82, 2.24) is 19.7 Å². The Morgan fingerprint density at radius 3 is 2.35 bits per heavy atom. The topological polar surface area (TPSA) is 67.1 Å². The maximum atomic E-state index is 10.4. The number of benzene rings is 1. The molecule has 4 heterocycles. The van der Waals surface area contributed by atoms with Crippen LogP contribution in [0, 0.1) is 12.8 Å². The van der Waals surface area contributed by atoms with E-state index in [1.54, 1.807) is 10.7 Å². The van der Waals surface area contributed by atoms with Crippen molar-refractivity contribution in [3.8, 4) is 17.0 Å². The van der Waals surface area contributed by atoms with Crippen LogP contribution in [0.25, 0.3) is 33.2 Å². The Morgan fingerprint density at radius 2 is 1.65 bits per heavy atom. The van der Waals surface area contributed by atoms with Crippen LogP contribution in [0.1, 0.15) is 25.7 Å². The molecule has 1 aliphatic carbocycles. The third-order valence-corrected chi connectivity index (χ3v) is 5.67. The molecule has 4 aromatic rings. The predicted octanol–water partition coefficient (Wildman–Crippen LogP) is 1.72. The minimum atomic E-state index is 0. The van der Waals surface area contributed by atoms with Crippen LogP contribution in [0.2, 0.25) is 0 Å². The van der Waals surface area contributed by atoms with Gasteiger partial charge in [-0.15, -0.1) is 0 Å². The van der Waals surface area contributed by atoms with E-state index in [1.807, 2.05) is 43.6 Å². The summed E-state index contributed by atoms with van der Waals surface area (Å²) in [6.07, 6.45) is 7.14. The van der Waals surface area contributed by atoms with Gasteiger partial charge in [-0.05, 0) is 43.2 Å². The zero-order valence-corrected chi connectivity index (χ0v) is 20.3. The van der Waals surface area contributed by atoms with Gasteiger partial charge in [-0.25, -0.2) is 9.97 Å². The molecular weight excluding hydrogens is 397 g/mol. The number of hydrogen-bond acceptors (Lipinski definition) is 5. The SMILES string of the molecule is Cn1cc2cc(-c3ccc4nc(N5CCCC5)ccc4n3)c(O)cc2n1.[CH2-]C1CC1.[Na+]. The van der Waals surface area contributed by atoms with E-state index in [2.05, 4.69) is 16.9 Å². The molecule has 1 aromatic carbocycles. The van der Waals surface area contributed by atoms with E-state index in [9.17, 15) is 5.11 Å². The second-order valence-electron chi connectivity index (χ2n) is 8.27. The largest absolute Gasteiger partial charge is 1.00 e. The summed E-state index contributed by atoms with van der Waals surface area (Å²) in [5, 5.41) is 15.7. The molecule has 2 fully saturated rings. The minimum absolute atomic E-state index is 0. The molecule has 6 rings (SSSR count). The summed E-state index contributed by atoms with van der Waals surface area (Å²) in [7, 11) is 1.87. The Hall–Kier alpha value is -2.15. The van der Waals surface area contributed by atoms with Crippen molar-refractivity contribution in [3.63, 3.8) is 0 Å². The van der Waals surface area contributed by atoms with Crippen LogP contribution in [0.4, 0.5) is 5.82 Å². The van der Waals surface area contributed by atoms with Crippen LogP contribution in [0.15, 0.2) is 42.6 Å². The number of anilines is 1. The average Bonchev–Trinajstić information content (AvgIpc) is 3.19. The monoisotopic (exact) mass is 423 g/mol. The molecule has 31 heavy (non-hydrogen) atoms. The number of aromatic hydroxyl groups is 1. The molecular formula is C24H26N5NaO. The van der Waals surface area contributed by atoms with Gasteiger partial charge in [-0.1, -0.05) is 12.8 Å². The van der Waals surface area contributed by atoms with E-state index in [0.29, 0.717) is 5.56 Å². The fraction of sp³-hybridized carbons (Fsp3) is 0.333. The Labute approximate surface area is 204 Å². The third-order valence-electron chi connectivity index (χ3n) is 5.67.